The molecule has 0 aliphatic carbocycles. The molecular weight excluding hydrogens is 1100 g/mol. The predicted molar refractivity (Wildman–Crippen MR) is 384 cm³/mol. The van der Waals surface area contributed by atoms with Crippen LogP contribution in [0.25, 0.3) is 89.5 Å². The third-order valence-corrected chi connectivity index (χ3v) is 16.3. The lowest BCUT2D eigenvalue weighted by atomic mass is 9.90. The maximum absolute atomic E-state index is 8.88. The van der Waals surface area contributed by atoms with Gasteiger partial charge in [0.2, 0.25) is 22.8 Å². The van der Waals surface area contributed by atoms with Gasteiger partial charge in [-0.2, -0.15) is 0 Å². The lowest BCUT2D eigenvalue weighted by Gasteiger charge is -2.16. The molecule has 0 aliphatic heterocycles. The van der Waals surface area contributed by atoms with Gasteiger partial charge in [0.15, 0.2) is 24.8 Å². The summed E-state index contributed by atoms with van der Waals surface area (Å²) in [6, 6.07) is 79.3. The van der Waals surface area contributed by atoms with Crippen LogP contribution in [-0.2, 0) is 40.9 Å². The number of nitrogens with zero attached hydrogens (tertiary/aromatic N) is 4. The molecule has 0 atom stereocenters. The first kappa shape index (κ1) is 53.2. The molecule has 0 bridgehead atoms. The van der Waals surface area contributed by atoms with E-state index in [0.29, 0.717) is 27.9 Å². The van der Waals surface area contributed by atoms with Gasteiger partial charge in [0.1, 0.15) is 28.2 Å². The molecule has 4 heteroatoms. The van der Waals surface area contributed by atoms with E-state index in [1.807, 2.05) is 134 Å². The van der Waals surface area contributed by atoms with Crippen LogP contribution in [0.4, 0.5) is 0 Å². The Bertz CT molecular complexity index is 4830. The Kier molecular flexibility index (Phi) is 18.0. The predicted octanol–water partition coefficient (Wildman–Crippen LogP) is 19.9. The minimum absolute atomic E-state index is 0.267. The van der Waals surface area contributed by atoms with Gasteiger partial charge in [-0.3, -0.25) is 0 Å². The van der Waals surface area contributed by atoms with Crippen LogP contribution in [-0.4, -0.2) is 0 Å². The van der Waals surface area contributed by atoms with Crippen LogP contribution in [0.2, 0.25) is 0 Å². The summed E-state index contributed by atoms with van der Waals surface area (Å²) in [4.78, 5) is 0. The quantitative estimate of drug-likeness (QED) is 0.108. The van der Waals surface area contributed by atoms with Crippen LogP contribution < -0.4 is 18.3 Å². The molecule has 4 nitrogen and oxygen atoms in total. The largest absolute Gasteiger partial charge is 0.212 e. The zero-order chi connectivity index (χ0) is 73.3. The van der Waals surface area contributed by atoms with Crippen molar-refractivity contribution in [1.82, 2.24) is 0 Å². The van der Waals surface area contributed by atoms with Crippen LogP contribution in [0, 0.1) is 60.2 Å². The van der Waals surface area contributed by atoms with E-state index in [1.165, 1.54) is 61.5 Å². The van der Waals surface area contributed by atoms with Crippen LogP contribution >= 0.6 is 0 Å². The van der Waals surface area contributed by atoms with Crippen molar-refractivity contribution in [3.05, 3.63) is 311 Å². The summed E-state index contributed by atoms with van der Waals surface area (Å²) in [6.07, 6.45) is 4.37. The molecule has 0 fully saturated rings. The highest BCUT2D eigenvalue weighted by molar-refractivity contribution is 5.79. The van der Waals surface area contributed by atoms with E-state index in [1.54, 1.807) is 52.1 Å². The lowest BCUT2D eigenvalue weighted by molar-refractivity contribution is -0.661. The molecule has 0 saturated carbocycles. The summed E-state index contributed by atoms with van der Waals surface area (Å²) >= 11 is 0. The molecule has 91 heavy (non-hydrogen) atoms. The van der Waals surface area contributed by atoms with Crippen molar-refractivity contribution in [3.8, 4) is 89.5 Å². The second kappa shape index (κ2) is 30.7. The molecule has 0 N–H and O–H groups in total. The van der Waals surface area contributed by atoms with Crippen LogP contribution in [0.5, 0.6) is 0 Å². The third kappa shape index (κ3) is 16.6. The average molecular weight is 1210 g/mol. The number of hydrogen-bond acceptors (Lipinski definition) is 0. The first-order valence-electron chi connectivity index (χ1n) is 36.4. The van der Waals surface area contributed by atoms with E-state index in [4.69, 9.17) is 13.7 Å². The zero-order valence-electron chi connectivity index (χ0n) is 65.3. The second-order valence-electron chi connectivity index (χ2n) is 24.2. The third-order valence-electron chi connectivity index (χ3n) is 16.3. The van der Waals surface area contributed by atoms with E-state index >= 15 is 0 Å². The van der Waals surface area contributed by atoms with Gasteiger partial charge in [0.25, 0.3) is 0 Å². The summed E-state index contributed by atoms with van der Waals surface area (Å²) in [5.41, 5.74) is 23.8. The van der Waals surface area contributed by atoms with Crippen molar-refractivity contribution < 1.29 is 32.0 Å². The highest BCUT2D eigenvalue weighted by Crippen LogP contribution is 2.35. The Morgan fingerprint density at radius 2 is 0.615 bits per heavy atom. The molecule has 12 aromatic rings. The Morgan fingerprint density at radius 3 is 1.00 bits per heavy atom. The summed E-state index contributed by atoms with van der Waals surface area (Å²) < 4.78 is 91.5. The number of aryl methyl sites for hydroxylation is 11. The standard InChI is InChI=1S/C28H36N.2C20H20N.C19H18N/c1-19(2)13-24-16-28(29(7)18-25(24)14-20(3)4)27-17-26(21(5)15-22(27)6)23-11-9-8-10-12-23;2*1-15-13-16(2)19(20-11-7-8-12-21(20)3)14-18(15)17-9-5-4-6-10-17;1-15-11-12-17(16-8-4-3-5-9-16)14-18(15)19-10-6-7-13-20(19)2/h8-12,15-20H,13-14H2,1-7H3;2*4-14H,1-3H3;3-14H,1-2H3/q4*+1/i5D3,13D2,14D2;1D3;;. The van der Waals surface area contributed by atoms with Crippen molar-refractivity contribution >= 4 is 0 Å². The van der Waals surface area contributed by atoms with E-state index in [-0.39, 0.29) is 17.4 Å². The summed E-state index contributed by atoms with van der Waals surface area (Å²) in [5.74, 6) is -0.728. The molecule has 4 aromatic heterocycles. The Morgan fingerprint density at radius 1 is 0.286 bits per heavy atom. The van der Waals surface area contributed by atoms with Crippen molar-refractivity contribution in [3.63, 3.8) is 0 Å². The normalized spacial score (nSPS) is 13.1. The molecule has 12 rings (SSSR count). The number of benzene rings is 8. The van der Waals surface area contributed by atoms with Gasteiger partial charge in [-0.15, -0.1) is 0 Å². The monoisotopic (exact) mass is 1200 g/mol. The molecule has 0 aliphatic rings. The van der Waals surface area contributed by atoms with E-state index in [9.17, 15) is 0 Å². The van der Waals surface area contributed by atoms with E-state index in [2.05, 4.69) is 184 Å². The van der Waals surface area contributed by atoms with Gasteiger partial charge >= 0.3 is 0 Å². The first-order valence-corrected chi connectivity index (χ1v) is 31.4. The fourth-order valence-electron chi connectivity index (χ4n) is 11.6. The highest BCUT2D eigenvalue weighted by Gasteiger charge is 2.22. The Labute approximate surface area is 559 Å². The van der Waals surface area contributed by atoms with Crippen molar-refractivity contribution in [1.29, 1.82) is 0 Å². The van der Waals surface area contributed by atoms with Gasteiger partial charge in [-0.05, 0) is 204 Å². The zero-order valence-corrected chi connectivity index (χ0v) is 55.3. The van der Waals surface area contributed by atoms with Crippen LogP contribution in [0.1, 0.15) is 91.5 Å². The fourth-order valence-corrected chi connectivity index (χ4v) is 11.6. The minimum atomic E-state index is -2.30. The summed E-state index contributed by atoms with van der Waals surface area (Å²) in [7, 11) is 8.00. The molecule has 0 radical (unpaired) electrons. The number of hydrogen-bond donors (Lipinski definition) is 0. The van der Waals surface area contributed by atoms with Crippen LogP contribution in [0.15, 0.2) is 261 Å². The average Bonchev–Trinajstić information content (AvgIpc) is 0.744. The minimum Gasteiger partial charge on any atom is -0.201 e. The molecule has 458 valence electrons. The molecule has 8 aromatic carbocycles. The number of pyridine rings is 4. The number of rotatable bonds is 12. The smallest absolute Gasteiger partial charge is 0.201 e. The number of aromatic nitrogens is 4. The van der Waals surface area contributed by atoms with Crippen molar-refractivity contribution in [2.75, 3.05) is 0 Å². The van der Waals surface area contributed by atoms with E-state index < -0.39 is 26.4 Å². The van der Waals surface area contributed by atoms with Gasteiger partial charge in [-0.1, -0.05) is 179 Å². The maximum Gasteiger partial charge on any atom is 0.212 e. The molecule has 0 spiro atoms. The summed E-state index contributed by atoms with van der Waals surface area (Å²) in [5, 5.41) is 0. The van der Waals surface area contributed by atoms with Gasteiger partial charge < -0.3 is 0 Å². The van der Waals surface area contributed by atoms with Gasteiger partial charge in [0.05, 0.1) is 0 Å². The van der Waals surface area contributed by atoms with Gasteiger partial charge in [-0.25, -0.2) is 18.3 Å². The molecule has 0 unspecified atom stereocenters. The fraction of sp³-hybridized carbons (Fsp3) is 0.218. The second-order valence-corrected chi connectivity index (χ2v) is 24.2. The van der Waals surface area contributed by atoms with Crippen molar-refractivity contribution in [2.24, 2.45) is 40.0 Å². The Hall–Kier alpha value is -9.64. The van der Waals surface area contributed by atoms with Crippen LogP contribution in [0.3, 0.4) is 0 Å². The molecule has 0 amide bonds. The van der Waals surface area contributed by atoms with Gasteiger partial charge in [0, 0.05) is 84.0 Å². The van der Waals surface area contributed by atoms with E-state index in [0.717, 1.165) is 44.6 Å². The Balaban J connectivity index is 0.000000161. The highest BCUT2D eigenvalue weighted by atomic mass is 14.9. The SMILES string of the molecule is Cc1cc(C)c(-c2cccc[n+]2C)cc1-c1ccccc1.Cc1ccc(-c2ccccc2)cc1-c1cccc[n+]1C.[2H]C([2H])([2H])c1cc(C)c(-c2cc(C([2H])([2H])C(C)C)c(C([2H])([2H])C(C)C)c[n+]2C)cc1-c1ccccc1.[2H]C([2H])([2H])c1cc(C)c(-c2cccc[n+]2C)cc1-c1ccccc1. The van der Waals surface area contributed by atoms with Crippen molar-refractivity contribution in [2.45, 2.75) is 88.8 Å². The molecule has 0 saturated heterocycles. The topological polar surface area (TPSA) is 15.5 Å². The first-order chi connectivity index (χ1) is 47.8. The maximum atomic E-state index is 8.88. The molecule has 4 heterocycles. The lowest BCUT2D eigenvalue weighted by Crippen LogP contribution is -2.32. The molecular formula is C87H94N4+4. The summed E-state index contributed by atoms with van der Waals surface area (Å²) in [6.45, 7) is 13.1.